The van der Waals surface area contributed by atoms with Crippen molar-refractivity contribution in [3.8, 4) is 0 Å². The summed E-state index contributed by atoms with van der Waals surface area (Å²) in [7, 11) is 0. The van der Waals surface area contributed by atoms with E-state index in [0.29, 0.717) is 25.2 Å². The average Bonchev–Trinajstić information content (AvgIpc) is 2.98. The monoisotopic (exact) mass is 248 g/mol. The SMILES string of the molecule is CCn1cc(N)c(C(=O)NCCc2ccco2)n1. The number of carbonyl (C=O) groups excluding carboxylic acids is 1. The molecule has 0 atom stereocenters. The van der Waals surface area contributed by atoms with E-state index in [4.69, 9.17) is 10.2 Å². The van der Waals surface area contributed by atoms with Crippen molar-refractivity contribution in [3.63, 3.8) is 0 Å². The highest BCUT2D eigenvalue weighted by molar-refractivity contribution is 5.96. The van der Waals surface area contributed by atoms with Gasteiger partial charge >= 0.3 is 0 Å². The van der Waals surface area contributed by atoms with Crippen LogP contribution in [0.3, 0.4) is 0 Å². The van der Waals surface area contributed by atoms with Crippen LogP contribution in [0.25, 0.3) is 0 Å². The molecule has 2 rings (SSSR count). The van der Waals surface area contributed by atoms with Crippen LogP contribution in [0.4, 0.5) is 5.69 Å². The second kappa shape index (κ2) is 5.39. The molecule has 0 saturated heterocycles. The number of hydrogen-bond donors (Lipinski definition) is 2. The number of carbonyl (C=O) groups is 1. The summed E-state index contributed by atoms with van der Waals surface area (Å²) in [6.07, 6.45) is 3.91. The molecule has 0 saturated carbocycles. The summed E-state index contributed by atoms with van der Waals surface area (Å²) in [6, 6.07) is 3.68. The minimum atomic E-state index is -0.258. The molecule has 6 heteroatoms. The third-order valence-electron chi connectivity index (χ3n) is 2.57. The maximum absolute atomic E-state index is 11.8. The lowest BCUT2D eigenvalue weighted by Gasteiger charge is -2.02. The number of amides is 1. The van der Waals surface area contributed by atoms with Gasteiger partial charge in [0.15, 0.2) is 5.69 Å². The van der Waals surface area contributed by atoms with Crippen molar-refractivity contribution in [2.45, 2.75) is 19.9 Å². The van der Waals surface area contributed by atoms with Gasteiger partial charge in [-0.25, -0.2) is 0 Å². The third-order valence-corrected chi connectivity index (χ3v) is 2.57. The lowest BCUT2D eigenvalue weighted by molar-refractivity contribution is 0.0949. The Morgan fingerprint density at radius 2 is 2.44 bits per heavy atom. The molecule has 2 aromatic rings. The van der Waals surface area contributed by atoms with Gasteiger partial charge in [0.25, 0.3) is 5.91 Å². The van der Waals surface area contributed by atoms with Gasteiger partial charge in [-0.2, -0.15) is 5.10 Å². The van der Waals surface area contributed by atoms with E-state index in [1.165, 1.54) is 0 Å². The van der Waals surface area contributed by atoms with Crippen LogP contribution in [0.1, 0.15) is 23.2 Å². The predicted octanol–water partition coefficient (Wildman–Crippen LogP) is 1.05. The quantitative estimate of drug-likeness (QED) is 0.828. The Kier molecular flexibility index (Phi) is 3.66. The summed E-state index contributed by atoms with van der Waals surface area (Å²) >= 11 is 0. The maximum atomic E-state index is 11.8. The molecule has 0 aliphatic carbocycles. The second-order valence-corrected chi connectivity index (χ2v) is 3.87. The van der Waals surface area contributed by atoms with Gasteiger partial charge in [0.05, 0.1) is 12.0 Å². The normalized spacial score (nSPS) is 10.5. The first kappa shape index (κ1) is 12.2. The molecule has 0 fully saturated rings. The van der Waals surface area contributed by atoms with Gasteiger partial charge in [0.1, 0.15) is 5.76 Å². The highest BCUT2D eigenvalue weighted by atomic mass is 16.3. The number of anilines is 1. The number of furan rings is 1. The Morgan fingerprint density at radius 1 is 1.61 bits per heavy atom. The first-order valence-electron chi connectivity index (χ1n) is 5.84. The van der Waals surface area contributed by atoms with Crippen molar-refractivity contribution < 1.29 is 9.21 Å². The fourth-order valence-corrected chi connectivity index (χ4v) is 1.61. The first-order valence-corrected chi connectivity index (χ1v) is 5.84. The van der Waals surface area contributed by atoms with Crippen LogP contribution in [0.5, 0.6) is 0 Å². The van der Waals surface area contributed by atoms with Crippen LogP contribution >= 0.6 is 0 Å². The van der Waals surface area contributed by atoms with Crippen molar-refractivity contribution >= 4 is 11.6 Å². The van der Waals surface area contributed by atoms with E-state index >= 15 is 0 Å². The molecule has 0 aliphatic heterocycles. The minimum Gasteiger partial charge on any atom is -0.469 e. The Labute approximate surface area is 105 Å². The topological polar surface area (TPSA) is 86.1 Å². The zero-order valence-corrected chi connectivity index (χ0v) is 10.2. The molecule has 0 aromatic carbocycles. The summed E-state index contributed by atoms with van der Waals surface area (Å²) in [6.45, 7) is 3.11. The van der Waals surface area contributed by atoms with Gasteiger partial charge in [0, 0.05) is 25.7 Å². The largest absolute Gasteiger partial charge is 0.469 e. The third kappa shape index (κ3) is 2.71. The molecule has 1 amide bonds. The molecule has 96 valence electrons. The molecule has 18 heavy (non-hydrogen) atoms. The fraction of sp³-hybridized carbons (Fsp3) is 0.333. The molecule has 6 nitrogen and oxygen atoms in total. The number of aryl methyl sites for hydroxylation is 1. The molecule has 2 heterocycles. The van der Waals surface area contributed by atoms with Gasteiger partial charge < -0.3 is 15.5 Å². The van der Waals surface area contributed by atoms with Crippen LogP contribution in [-0.2, 0) is 13.0 Å². The van der Waals surface area contributed by atoms with Gasteiger partial charge in [-0.05, 0) is 19.1 Å². The van der Waals surface area contributed by atoms with Gasteiger partial charge in [-0.1, -0.05) is 0 Å². The second-order valence-electron chi connectivity index (χ2n) is 3.87. The fourth-order valence-electron chi connectivity index (χ4n) is 1.61. The van der Waals surface area contributed by atoms with Crippen LogP contribution in [-0.4, -0.2) is 22.2 Å². The predicted molar refractivity (Wildman–Crippen MR) is 67.1 cm³/mol. The summed E-state index contributed by atoms with van der Waals surface area (Å²) in [5, 5.41) is 6.86. The Hall–Kier alpha value is -2.24. The van der Waals surface area contributed by atoms with Crippen LogP contribution in [0.2, 0.25) is 0 Å². The highest BCUT2D eigenvalue weighted by Gasteiger charge is 2.13. The maximum Gasteiger partial charge on any atom is 0.273 e. The van der Waals surface area contributed by atoms with E-state index in [1.54, 1.807) is 17.1 Å². The summed E-state index contributed by atoms with van der Waals surface area (Å²) < 4.78 is 6.81. The van der Waals surface area contributed by atoms with Gasteiger partial charge in [-0.3, -0.25) is 9.48 Å². The molecule has 0 bridgehead atoms. The van der Waals surface area contributed by atoms with Crippen molar-refractivity contribution in [2.75, 3.05) is 12.3 Å². The van der Waals surface area contributed by atoms with Crippen LogP contribution < -0.4 is 11.1 Å². The Balaban J connectivity index is 1.89. The van der Waals surface area contributed by atoms with E-state index < -0.39 is 0 Å². The van der Waals surface area contributed by atoms with E-state index in [-0.39, 0.29) is 11.6 Å². The smallest absolute Gasteiger partial charge is 0.273 e. The molecule has 3 N–H and O–H groups in total. The number of nitrogen functional groups attached to an aromatic ring is 1. The first-order chi connectivity index (χ1) is 8.70. The molecule has 2 aromatic heterocycles. The van der Waals surface area contributed by atoms with Crippen molar-refractivity contribution in [3.05, 3.63) is 36.0 Å². The summed E-state index contributed by atoms with van der Waals surface area (Å²) in [5.41, 5.74) is 6.39. The average molecular weight is 248 g/mol. The van der Waals surface area contributed by atoms with E-state index in [0.717, 1.165) is 5.76 Å². The number of rotatable bonds is 5. The lowest BCUT2D eigenvalue weighted by atomic mass is 10.3. The standard InChI is InChI=1S/C12H16N4O2/c1-2-16-8-10(13)11(15-16)12(17)14-6-5-9-4-3-7-18-9/h3-4,7-8H,2,5-6,13H2,1H3,(H,14,17). The number of nitrogens with one attached hydrogen (secondary N) is 1. The van der Waals surface area contributed by atoms with E-state index in [1.807, 2.05) is 19.1 Å². The minimum absolute atomic E-state index is 0.258. The van der Waals surface area contributed by atoms with Crippen LogP contribution in [0, 0.1) is 0 Å². The lowest BCUT2D eigenvalue weighted by Crippen LogP contribution is -2.26. The number of nitrogens with two attached hydrogens (primary N) is 1. The molecular formula is C12H16N4O2. The van der Waals surface area contributed by atoms with Gasteiger partial charge in [0.2, 0.25) is 0 Å². The Morgan fingerprint density at radius 3 is 3.06 bits per heavy atom. The summed E-state index contributed by atoms with van der Waals surface area (Å²) in [4.78, 5) is 11.8. The molecule has 0 spiro atoms. The van der Waals surface area contributed by atoms with Crippen molar-refractivity contribution in [1.29, 1.82) is 0 Å². The number of aromatic nitrogens is 2. The Bertz CT molecular complexity index is 516. The molecular weight excluding hydrogens is 232 g/mol. The number of nitrogens with zero attached hydrogens (tertiary/aromatic N) is 2. The van der Waals surface area contributed by atoms with Crippen molar-refractivity contribution in [1.82, 2.24) is 15.1 Å². The van der Waals surface area contributed by atoms with Gasteiger partial charge in [-0.15, -0.1) is 0 Å². The highest BCUT2D eigenvalue weighted by Crippen LogP contribution is 2.08. The molecule has 0 aliphatic rings. The van der Waals surface area contributed by atoms with Crippen LogP contribution in [0.15, 0.2) is 29.0 Å². The zero-order chi connectivity index (χ0) is 13.0. The molecule has 0 unspecified atom stereocenters. The molecule has 0 radical (unpaired) electrons. The zero-order valence-electron chi connectivity index (χ0n) is 10.2. The van der Waals surface area contributed by atoms with Crippen molar-refractivity contribution in [2.24, 2.45) is 0 Å². The number of hydrogen-bond acceptors (Lipinski definition) is 4. The van der Waals surface area contributed by atoms with E-state index in [2.05, 4.69) is 10.4 Å². The summed E-state index contributed by atoms with van der Waals surface area (Å²) in [5.74, 6) is 0.577. The van der Waals surface area contributed by atoms with E-state index in [9.17, 15) is 4.79 Å².